The van der Waals surface area contributed by atoms with E-state index in [4.69, 9.17) is 9.52 Å². The van der Waals surface area contributed by atoms with Gasteiger partial charge in [-0.15, -0.1) is 0 Å². The number of hydrogen-bond donors (Lipinski definition) is 2. The van der Waals surface area contributed by atoms with Crippen molar-refractivity contribution in [1.82, 2.24) is 5.32 Å². The molecule has 0 saturated carbocycles. The van der Waals surface area contributed by atoms with Gasteiger partial charge in [0, 0.05) is 12.1 Å². The first-order valence-corrected chi connectivity index (χ1v) is 5.35. The molecule has 2 rings (SSSR count). The maximum Gasteiger partial charge on any atom is 0.287 e. The molecule has 0 saturated heterocycles. The van der Waals surface area contributed by atoms with Crippen LogP contribution in [0.2, 0.25) is 0 Å². The van der Waals surface area contributed by atoms with E-state index < -0.39 is 0 Å². The minimum Gasteiger partial charge on any atom is -0.451 e. The van der Waals surface area contributed by atoms with Crippen molar-refractivity contribution >= 4 is 5.91 Å². The molecule has 0 bridgehead atoms. The van der Waals surface area contributed by atoms with E-state index in [2.05, 4.69) is 5.32 Å². The zero-order chi connectivity index (χ0) is 12.1. The molecule has 1 aromatic heterocycles. The molecule has 2 N–H and O–H groups in total. The topological polar surface area (TPSA) is 62.5 Å². The number of benzene rings is 1. The minimum absolute atomic E-state index is 0.0853. The van der Waals surface area contributed by atoms with E-state index in [1.165, 1.54) is 0 Å². The number of hydrogen-bond acceptors (Lipinski definition) is 3. The predicted octanol–water partition coefficient (Wildman–Crippen LogP) is 1.67. The number of aliphatic hydroxyl groups excluding tert-OH is 1. The van der Waals surface area contributed by atoms with E-state index in [9.17, 15) is 4.79 Å². The van der Waals surface area contributed by atoms with E-state index >= 15 is 0 Å². The second-order valence-electron chi connectivity index (χ2n) is 3.51. The highest BCUT2D eigenvalue weighted by atomic mass is 16.4. The predicted molar refractivity (Wildman–Crippen MR) is 63.6 cm³/mol. The molecule has 88 valence electrons. The van der Waals surface area contributed by atoms with Crippen LogP contribution in [0, 0.1) is 0 Å². The van der Waals surface area contributed by atoms with E-state index in [-0.39, 0.29) is 24.8 Å². The largest absolute Gasteiger partial charge is 0.451 e. The first kappa shape index (κ1) is 11.4. The third-order valence-corrected chi connectivity index (χ3v) is 2.29. The van der Waals surface area contributed by atoms with Crippen LogP contribution in [0.3, 0.4) is 0 Å². The summed E-state index contributed by atoms with van der Waals surface area (Å²) < 4.78 is 5.43. The van der Waals surface area contributed by atoms with Crippen LogP contribution >= 0.6 is 0 Å². The fourth-order valence-corrected chi connectivity index (χ4v) is 1.47. The molecule has 0 radical (unpaired) electrons. The summed E-state index contributed by atoms with van der Waals surface area (Å²) in [6.07, 6.45) is 0. The number of rotatable bonds is 4. The van der Waals surface area contributed by atoms with Crippen LogP contribution in [0.5, 0.6) is 0 Å². The second kappa shape index (κ2) is 5.32. The lowest BCUT2D eigenvalue weighted by Gasteiger charge is -1.99. The average molecular weight is 231 g/mol. The highest BCUT2D eigenvalue weighted by Crippen LogP contribution is 2.21. The van der Waals surface area contributed by atoms with E-state index in [1.807, 2.05) is 30.3 Å². The number of carbonyl (C=O) groups is 1. The number of aliphatic hydroxyl groups is 1. The standard InChI is InChI=1S/C13H13NO3/c15-9-8-14-13(16)12-7-6-11(17-12)10-4-2-1-3-5-10/h1-7,15H,8-9H2,(H,14,16). The number of furan rings is 1. The highest BCUT2D eigenvalue weighted by molar-refractivity contribution is 5.92. The summed E-state index contributed by atoms with van der Waals surface area (Å²) in [6.45, 7) is 0.137. The van der Waals surface area contributed by atoms with Crippen LogP contribution in [-0.4, -0.2) is 24.2 Å². The Morgan fingerprint density at radius 3 is 2.65 bits per heavy atom. The van der Waals surface area contributed by atoms with Crippen molar-refractivity contribution in [2.24, 2.45) is 0 Å². The normalized spacial score (nSPS) is 10.2. The summed E-state index contributed by atoms with van der Waals surface area (Å²) in [5.41, 5.74) is 0.925. The monoisotopic (exact) mass is 231 g/mol. The third kappa shape index (κ3) is 2.73. The molecule has 1 amide bonds. The molecule has 2 aromatic rings. The molecule has 4 nitrogen and oxygen atoms in total. The zero-order valence-corrected chi connectivity index (χ0v) is 9.22. The van der Waals surface area contributed by atoms with Crippen molar-refractivity contribution in [3.63, 3.8) is 0 Å². The molecule has 4 heteroatoms. The molecule has 0 spiro atoms. The Labute approximate surface area is 98.9 Å². The molecule has 17 heavy (non-hydrogen) atoms. The fraction of sp³-hybridized carbons (Fsp3) is 0.154. The van der Waals surface area contributed by atoms with Crippen LogP contribution in [0.1, 0.15) is 10.6 Å². The Balaban J connectivity index is 2.14. The maximum absolute atomic E-state index is 11.5. The summed E-state index contributed by atoms with van der Waals surface area (Å²) >= 11 is 0. The van der Waals surface area contributed by atoms with Gasteiger partial charge in [-0.05, 0) is 12.1 Å². The van der Waals surface area contributed by atoms with Gasteiger partial charge >= 0.3 is 0 Å². The van der Waals surface area contributed by atoms with Gasteiger partial charge in [-0.25, -0.2) is 0 Å². The van der Waals surface area contributed by atoms with Crippen molar-refractivity contribution in [3.05, 3.63) is 48.2 Å². The Morgan fingerprint density at radius 1 is 1.18 bits per heavy atom. The lowest BCUT2D eigenvalue weighted by atomic mass is 10.2. The molecule has 0 atom stereocenters. The van der Waals surface area contributed by atoms with Gasteiger partial charge in [0.2, 0.25) is 0 Å². The quantitative estimate of drug-likeness (QED) is 0.841. The molecule has 0 unspecified atom stereocenters. The van der Waals surface area contributed by atoms with E-state index in [0.29, 0.717) is 5.76 Å². The van der Waals surface area contributed by atoms with Gasteiger partial charge in [0.05, 0.1) is 6.61 Å². The van der Waals surface area contributed by atoms with Crippen LogP contribution in [0.25, 0.3) is 11.3 Å². The van der Waals surface area contributed by atoms with Crippen LogP contribution in [0.15, 0.2) is 46.9 Å². The van der Waals surface area contributed by atoms with Crippen LogP contribution < -0.4 is 5.32 Å². The van der Waals surface area contributed by atoms with Gasteiger partial charge < -0.3 is 14.8 Å². The summed E-state index contributed by atoms with van der Waals surface area (Å²) in [7, 11) is 0. The molecule has 1 heterocycles. The second-order valence-corrected chi connectivity index (χ2v) is 3.51. The van der Waals surface area contributed by atoms with Crippen molar-refractivity contribution in [1.29, 1.82) is 0 Å². The van der Waals surface area contributed by atoms with Gasteiger partial charge in [0.15, 0.2) is 5.76 Å². The Bertz CT molecular complexity index is 490. The molecular formula is C13H13NO3. The number of carbonyl (C=O) groups excluding carboxylic acids is 1. The first-order valence-electron chi connectivity index (χ1n) is 5.35. The zero-order valence-electron chi connectivity index (χ0n) is 9.22. The summed E-state index contributed by atoms with van der Waals surface area (Å²) in [6, 6.07) is 12.9. The maximum atomic E-state index is 11.5. The molecular weight excluding hydrogens is 218 g/mol. The van der Waals surface area contributed by atoms with Crippen molar-refractivity contribution < 1.29 is 14.3 Å². The van der Waals surface area contributed by atoms with Gasteiger partial charge in [-0.3, -0.25) is 4.79 Å². The van der Waals surface area contributed by atoms with Gasteiger partial charge in [0.1, 0.15) is 5.76 Å². The SMILES string of the molecule is O=C(NCCO)c1ccc(-c2ccccc2)o1. The van der Waals surface area contributed by atoms with Crippen LogP contribution in [-0.2, 0) is 0 Å². The first-order chi connectivity index (χ1) is 8.31. The smallest absolute Gasteiger partial charge is 0.287 e. The van der Waals surface area contributed by atoms with E-state index in [0.717, 1.165) is 5.56 Å². The Hall–Kier alpha value is -2.07. The lowest BCUT2D eigenvalue weighted by Crippen LogP contribution is -2.25. The molecule has 0 aliphatic heterocycles. The average Bonchev–Trinajstić information content (AvgIpc) is 2.86. The Kier molecular flexibility index (Phi) is 3.57. The number of amides is 1. The van der Waals surface area contributed by atoms with Gasteiger partial charge in [-0.1, -0.05) is 30.3 Å². The van der Waals surface area contributed by atoms with Crippen molar-refractivity contribution in [3.8, 4) is 11.3 Å². The van der Waals surface area contributed by atoms with Crippen LogP contribution in [0.4, 0.5) is 0 Å². The van der Waals surface area contributed by atoms with Crippen molar-refractivity contribution in [2.75, 3.05) is 13.2 Å². The minimum atomic E-state index is -0.318. The lowest BCUT2D eigenvalue weighted by molar-refractivity contribution is 0.0918. The van der Waals surface area contributed by atoms with Gasteiger partial charge in [0.25, 0.3) is 5.91 Å². The summed E-state index contributed by atoms with van der Waals surface area (Å²) in [5, 5.41) is 11.1. The van der Waals surface area contributed by atoms with Gasteiger partial charge in [-0.2, -0.15) is 0 Å². The summed E-state index contributed by atoms with van der Waals surface area (Å²) in [4.78, 5) is 11.5. The molecule has 0 aliphatic carbocycles. The molecule has 0 fully saturated rings. The molecule has 0 aliphatic rings. The molecule has 1 aromatic carbocycles. The number of nitrogens with one attached hydrogen (secondary N) is 1. The van der Waals surface area contributed by atoms with E-state index in [1.54, 1.807) is 12.1 Å². The highest BCUT2D eigenvalue weighted by Gasteiger charge is 2.10. The fourth-order valence-electron chi connectivity index (χ4n) is 1.47. The Morgan fingerprint density at radius 2 is 1.94 bits per heavy atom. The summed E-state index contributed by atoms with van der Waals surface area (Å²) in [5.74, 6) is 0.582. The van der Waals surface area contributed by atoms with Crippen molar-refractivity contribution in [2.45, 2.75) is 0 Å². The third-order valence-electron chi connectivity index (χ3n) is 2.29.